The van der Waals surface area contributed by atoms with Crippen molar-refractivity contribution in [1.82, 2.24) is 14.5 Å². The monoisotopic (exact) mass is 430 g/mol. The number of halogens is 4. The van der Waals surface area contributed by atoms with Crippen molar-refractivity contribution in [2.45, 2.75) is 69.8 Å². The molecule has 2 fully saturated rings. The molecular formula is C20H26F4N4O2. The summed E-state index contributed by atoms with van der Waals surface area (Å²) < 4.78 is 55.2. The summed E-state index contributed by atoms with van der Waals surface area (Å²) in [6.07, 6.45) is -3.32. The normalized spacial score (nSPS) is 28.7. The van der Waals surface area contributed by atoms with Crippen molar-refractivity contribution in [1.29, 1.82) is 0 Å². The largest absolute Gasteiger partial charge is 0.390 e. The summed E-state index contributed by atoms with van der Waals surface area (Å²) in [5.74, 6) is -1.35. The van der Waals surface area contributed by atoms with Crippen molar-refractivity contribution in [3.63, 3.8) is 0 Å². The topological polar surface area (TPSA) is 84.1 Å². The minimum atomic E-state index is -4.34. The van der Waals surface area contributed by atoms with E-state index >= 15 is 4.39 Å². The van der Waals surface area contributed by atoms with E-state index in [4.69, 9.17) is 5.73 Å². The maximum absolute atomic E-state index is 15.4. The third kappa shape index (κ3) is 3.64. The van der Waals surface area contributed by atoms with Gasteiger partial charge in [0.25, 0.3) is 5.56 Å². The quantitative estimate of drug-likeness (QED) is 0.720. The first-order valence-electron chi connectivity index (χ1n) is 10.3. The fourth-order valence-corrected chi connectivity index (χ4v) is 5.11. The lowest BCUT2D eigenvalue weighted by atomic mass is 9.83. The second kappa shape index (κ2) is 7.33. The number of aromatic amines is 1. The van der Waals surface area contributed by atoms with Crippen LogP contribution in [0, 0.1) is 5.92 Å². The average molecular weight is 430 g/mol. The lowest BCUT2D eigenvalue weighted by Gasteiger charge is -2.38. The number of alkyl halides is 3. The first-order valence-corrected chi connectivity index (χ1v) is 10.3. The van der Waals surface area contributed by atoms with Gasteiger partial charge in [-0.25, -0.2) is 9.18 Å². The molecule has 4 atom stereocenters. The molecule has 10 heteroatoms. The SMILES string of the molecule is CC1=C(F)C(N2CCC(C(N)CC(F)(F)F)C2)C(C)c2c1c(=O)[nH]c(=O)n2C1CC1. The summed E-state index contributed by atoms with van der Waals surface area (Å²) in [4.78, 5) is 29.1. The van der Waals surface area contributed by atoms with Crippen LogP contribution in [-0.4, -0.2) is 45.8 Å². The van der Waals surface area contributed by atoms with Crippen LogP contribution in [0.5, 0.6) is 0 Å². The number of nitrogens with two attached hydrogens (primary N) is 1. The van der Waals surface area contributed by atoms with Crippen LogP contribution in [0.2, 0.25) is 0 Å². The number of likely N-dealkylation sites (tertiary alicyclic amines) is 1. The first-order chi connectivity index (χ1) is 14.0. The number of rotatable bonds is 4. The Labute approximate surface area is 170 Å². The Morgan fingerprint density at radius 3 is 2.50 bits per heavy atom. The number of H-pyrrole nitrogens is 1. The molecule has 1 aromatic rings. The summed E-state index contributed by atoms with van der Waals surface area (Å²) in [6, 6.07) is -1.78. The fourth-order valence-electron chi connectivity index (χ4n) is 5.11. The molecule has 1 saturated carbocycles. The van der Waals surface area contributed by atoms with Crippen LogP contribution < -0.4 is 17.0 Å². The van der Waals surface area contributed by atoms with Crippen molar-refractivity contribution in [2.75, 3.05) is 13.1 Å². The number of fused-ring (bicyclic) bond motifs is 1. The van der Waals surface area contributed by atoms with Gasteiger partial charge in [-0.05, 0) is 44.2 Å². The maximum Gasteiger partial charge on any atom is 0.390 e. The molecule has 3 aliphatic rings. The van der Waals surface area contributed by atoms with Gasteiger partial charge in [0.15, 0.2) is 0 Å². The third-order valence-corrected chi connectivity index (χ3v) is 6.71. The Balaban J connectivity index is 1.68. The van der Waals surface area contributed by atoms with Crippen LogP contribution in [0.3, 0.4) is 0 Å². The van der Waals surface area contributed by atoms with Gasteiger partial charge in [-0.15, -0.1) is 0 Å². The molecule has 0 bridgehead atoms. The molecule has 4 rings (SSSR count). The lowest BCUT2D eigenvalue weighted by Crippen LogP contribution is -2.46. The van der Waals surface area contributed by atoms with E-state index in [-0.39, 0.29) is 23.7 Å². The van der Waals surface area contributed by atoms with Gasteiger partial charge in [0.1, 0.15) is 5.83 Å². The minimum absolute atomic E-state index is 0.00769. The molecule has 1 aliphatic heterocycles. The van der Waals surface area contributed by atoms with Gasteiger partial charge in [-0.2, -0.15) is 13.2 Å². The zero-order valence-corrected chi connectivity index (χ0v) is 16.9. The molecule has 2 heterocycles. The van der Waals surface area contributed by atoms with E-state index in [9.17, 15) is 22.8 Å². The third-order valence-electron chi connectivity index (χ3n) is 6.71. The molecular weight excluding hydrogens is 404 g/mol. The molecule has 3 N–H and O–H groups in total. The van der Waals surface area contributed by atoms with Gasteiger partial charge in [0.05, 0.1) is 18.0 Å². The Morgan fingerprint density at radius 1 is 1.23 bits per heavy atom. The number of allylic oxidation sites excluding steroid dienone is 1. The first kappa shape index (κ1) is 21.3. The molecule has 166 valence electrons. The maximum atomic E-state index is 15.4. The van der Waals surface area contributed by atoms with Gasteiger partial charge in [0, 0.05) is 30.2 Å². The molecule has 30 heavy (non-hydrogen) atoms. The summed E-state index contributed by atoms with van der Waals surface area (Å²) in [5.41, 5.74) is 5.62. The van der Waals surface area contributed by atoms with Gasteiger partial charge >= 0.3 is 11.9 Å². The fraction of sp³-hybridized carbons (Fsp3) is 0.700. The number of hydrogen-bond acceptors (Lipinski definition) is 4. The van der Waals surface area contributed by atoms with Crippen molar-refractivity contribution in [3.8, 4) is 0 Å². The molecule has 0 spiro atoms. The van der Waals surface area contributed by atoms with Gasteiger partial charge in [-0.1, -0.05) is 6.92 Å². The van der Waals surface area contributed by atoms with Gasteiger partial charge in [-0.3, -0.25) is 19.2 Å². The van der Waals surface area contributed by atoms with E-state index < -0.39 is 53.6 Å². The highest BCUT2D eigenvalue weighted by Gasteiger charge is 2.45. The lowest BCUT2D eigenvalue weighted by molar-refractivity contribution is -0.140. The highest BCUT2D eigenvalue weighted by Crippen LogP contribution is 2.45. The Kier molecular flexibility index (Phi) is 5.21. The van der Waals surface area contributed by atoms with E-state index in [0.29, 0.717) is 18.7 Å². The summed E-state index contributed by atoms with van der Waals surface area (Å²) in [7, 11) is 0. The van der Waals surface area contributed by atoms with E-state index in [2.05, 4.69) is 4.98 Å². The van der Waals surface area contributed by atoms with Crippen molar-refractivity contribution < 1.29 is 17.6 Å². The van der Waals surface area contributed by atoms with Crippen LogP contribution >= 0.6 is 0 Å². The average Bonchev–Trinajstić information content (AvgIpc) is 3.34. The predicted octanol–water partition coefficient (Wildman–Crippen LogP) is 2.66. The standard InChI is InChI=1S/C20H26F4N4O2/c1-9-14-16(28(12-3-4-12)19(30)26-18(14)29)10(2)17(15(9)21)27-6-5-11(8-27)13(25)7-20(22,23)24/h10-13,17H,3-8,25H2,1-2H3,(H,26,29,30). The van der Waals surface area contributed by atoms with Crippen LogP contribution in [0.15, 0.2) is 15.4 Å². The number of nitrogens with zero attached hydrogens (tertiary/aromatic N) is 2. The highest BCUT2D eigenvalue weighted by atomic mass is 19.4. The van der Waals surface area contributed by atoms with Crippen molar-refractivity contribution in [2.24, 2.45) is 11.7 Å². The number of hydrogen-bond donors (Lipinski definition) is 2. The molecule has 1 saturated heterocycles. The van der Waals surface area contributed by atoms with Crippen LogP contribution in [0.25, 0.3) is 5.57 Å². The number of aromatic nitrogens is 2. The van der Waals surface area contributed by atoms with Crippen molar-refractivity contribution in [3.05, 3.63) is 37.9 Å². The van der Waals surface area contributed by atoms with Crippen LogP contribution in [0.1, 0.15) is 62.7 Å². The smallest absolute Gasteiger partial charge is 0.327 e. The van der Waals surface area contributed by atoms with Crippen LogP contribution in [-0.2, 0) is 0 Å². The minimum Gasteiger partial charge on any atom is -0.327 e. The van der Waals surface area contributed by atoms with Crippen molar-refractivity contribution >= 4 is 5.57 Å². The van der Waals surface area contributed by atoms with E-state index in [1.807, 2.05) is 4.90 Å². The summed E-state index contributed by atoms with van der Waals surface area (Å²) in [5, 5.41) is 0. The summed E-state index contributed by atoms with van der Waals surface area (Å²) >= 11 is 0. The zero-order valence-electron chi connectivity index (χ0n) is 16.9. The molecule has 2 aliphatic carbocycles. The zero-order chi connectivity index (χ0) is 22.0. The molecule has 0 aromatic carbocycles. The molecule has 1 aromatic heterocycles. The molecule has 0 radical (unpaired) electrons. The highest BCUT2D eigenvalue weighted by molar-refractivity contribution is 5.71. The Hall–Kier alpha value is -1.94. The van der Waals surface area contributed by atoms with Gasteiger partial charge in [0.2, 0.25) is 0 Å². The van der Waals surface area contributed by atoms with E-state index in [1.54, 1.807) is 11.5 Å². The molecule has 6 nitrogen and oxygen atoms in total. The second-order valence-electron chi connectivity index (χ2n) is 8.85. The Bertz CT molecular complexity index is 992. The van der Waals surface area contributed by atoms with E-state index in [0.717, 1.165) is 12.8 Å². The van der Waals surface area contributed by atoms with E-state index in [1.165, 1.54) is 6.92 Å². The number of nitrogens with one attached hydrogen (secondary N) is 1. The molecule has 0 amide bonds. The second-order valence-corrected chi connectivity index (χ2v) is 8.85. The molecule has 4 unspecified atom stereocenters. The van der Waals surface area contributed by atoms with Crippen LogP contribution in [0.4, 0.5) is 17.6 Å². The van der Waals surface area contributed by atoms with Gasteiger partial charge < -0.3 is 5.73 Å². The predicted molar refractivity (Wildman–Crippen MR) is 104 cm³/mol. The summed E-state index contributed by atoms with van der Waals surface area (Å²) in [6.45, 7) is 3.96. The Morgan fingerprint density at radius 2 is 1.90 bits per heavy atom.